The van der Waals surface area contributed by atoms with Gasteiger partial charge in [-0.25, -0.2) is 0 Å². The Kier molecular flexibility index (Phi) is 4.70. The van der Waals surface area contributed by atoms with Gasteiger partial charge in [0.2, 0.25) is 0 Å². The molecule has 2 aromatic rings. The Morgan fingerprint density at radius 2 is 2.05 bits per heavy atom. The second-order valence-electron chi connectivity index (χ2n) is 4.15. The van der Waals surface area contributed by atoms with Crippen LogP contribution in [0, 0.1) is 0 Å². The van der Waals surface area contributed by atoms with Gasteiger partial charge in [0.25, 0.3) is 0 Å². The quantitative estimate of drug-likeness (QED) is 0.884. The van der Waals surface area contributed by atoms with E-state index in [4.69, 9.17) is 4.74 Å². The van der Waals surface area contributed by atoms with Gasteiger partial charge < -0.3 is 10.1 Å². The van der Waals surface area contributed by atoms with Crippen LogP contribution in [0.25, 0.3) is 6.08 Å². The number of pyridine rings is 1. The Bertz CT molecular complexity index is 564. The van der Waals surface area contributed by atoms with Crippen LogP contribution in [0.5, 0.6) is 11.5 Å². The molecule has 1 N–H and O–H groups in total. The lowest BCUT2D eigenvalue weighted by atomic mass is 10.2. The molecule has 0 saturated heterocycles. The number of hydrogen-bond acceptors (Lipinski definition) is 3. The molecule has 0 aliphatic rings. The Labute approximate surface area is 114 Å². The molecule has 0 unspecified atom stereocenters. The summed E-state index contributed by atoms with van der Waals surface area (Å²) in [4.78, 5) is 4.13. The van der Waals surface area contributed by atoms with Gasteiger partial charge >= 0.3 is 0 Å². The van der Waals surface area contributed by atoms with E-state index in [1.54, 1.807) is 12.4 Å². The molecule has 2 rings (SSSR count). The zero-order valence-corrected chi connectivity index (χ0v) is 11.3. The average Bonchev–Trinajstić information content (AvgIpc) is 2.44. The van der Waals surface area contributed by atoms with E-state index in [-0.39, 0.29) is 0 Å². The monoisotopic (exact) mass is 254 g/mol. The van der Waals surface area contributed by atoms with E-state index in [0.29, 0.717) is 0 Å². The van der Waals surface area contributed by atoms with Crippen LogP contribution in [0.2, 0.25) is 0 Å². The zero-order valence-electron chi connectivity index (χ0n) is 11.3. The Morgan fingerprint density at radius 3 is 2.84 bits per heavy atom. The fourth-order valence-electron chi connectivity index (χ4n) is 1.85. The summed E-state index contributed by atoms with van der Waals surface area (Å²) >= 11 is 0. The Morgan fingerprint density at radius 1 is 1.21 bits per heavy atom. The van der Waals surface area contributed by atoms with Crippen LogP contribution >= 0.6 is 0 Å². The number of nitrogens with one attached hydrogen (secondary N) is 1. The summed E-state index contributed by atoms with van der Waals surface area (Å²) < 4.78 is 5.99. The van der Waals surface area contributed by atoms with Crippen molar-refractivity contribution in [3.63, 3.8) is 0 Å². The van der Waals surface area contributed by atoms with Crippen LogP contribution in [0.4, 0.5) is 0 Å². The standard InChI is InChI=1S/C16H18N2O/c1-3-6-13-7-4-5-8-15(13)19-16-12-18-10-9-14(16)11-17-2/h3-10,12,17H,11H2,1-2H3/b6-3+. The van der Waals surface area contributed by atoms with Crippen molar-refractivity contribution in [3.8, 4) is 11.5 Å². The summed E-state index contributed by atoms with van der Waals surface area (Å²) in [6, 6.07) is 9.93. The molecule has 1 aromatic heterocycles. The maximum Gasteiger partial charge on any atom is 0.150 e. The highest BCUT2D eigenvalue weighted by Crippen LogP contribution is 2.28. The van der Waals surface area contributed by atoms with Gasteiger partial charge in [-0.2, -0.15) is 0 Å². The second-order valence-corrected chi connectivity index (χ2v) is 4.15. The molecule has 0 radical (unpaired) electrons. The fourth-order valence-corrected chi connectivity index (χ4v) is 1.85. The summed E-state index contributed by atoms with van der Waals surface area (Å²) in [5.74, 6) is 1.62. The first-order valence-electron chi connectivity index (χ1n) is 6.32. The first-order valence-corrected chi connectivity index (χ1v) is 6.32. The lowest BCUT2D eigenvalue weighted by Crippen LogP contribution is -2.06. The molecular weight excluding hydrogens is 236 g/mol. The molecule has 19 heavy (non-hydrogen) atoms. The third-order valence-electron chi connectivity index (χ3n) is 2.72. The average molecular weight is 254 g/mol. The minimum atomic E-state index is 0.754. The Balaban J connectivity index is 2.31. The van der Waals surface area contributed by atoms with E-state index in [9.17, 15) is 0 Å². The smallest absolute Gasteiger partial charge is 0.150 e. The molecule has 0 fully saturated rings. The highest BCUT2D eigenvalue weighted by Gasteiger charge is 2.06. The SMILES string of the molecule is C/C=C/c1ccccc1Oc1cnccc1CNC. The first-order chi connectivity index (χ1) is 9.35. The van der Waals surface area contributed by atoms with Gasteiger partial charge in [0.05, 0.1) is 6.20 Å². The number of ether oxygens (including phenoxy) is 1. The van der Waals surface area contributed by atoms with Crippen molar-refractivity contribution in [2.24, 2.45) is 0 Å². The lowest BCUT2D eigenvalue weighted by molar-refractivity contribution is 0.470. The van der Waals surface area contributed by atoms with E-state index in [0.717, 1.165) is 29.2 Å². The highest BCUT2D eigenvalue weighted by molar-refractivity contribution is 5.57. The third kappa shape index (κ3) is 3.42. The molecule has 98 valence electrons. The van der Waals surface area contributed by atoms with Crippen molar-refractivity contribution < 1.29 is 4.74 Å². The number of allylic oxidation sites excluding steroid dienone is 1. The van der Waals surface area contributed by atoms with Crippen molar-refractivity contribution in [2.75, 3.05) is 7.05 Å². The van der Waals surface area contributed by atoms with Crippen LogP contribution in [0.15, 0.2) is 48.8 Å². The van der Waals surface area contributed by atoms with Gasteiger partial charge in [0.15, 0.2) is 0 Å². The van der Waals surface area contributed by atoms with E-state index in [1.165, 1.54) is 0 Å². The predicted molar refractivity (Wildman–Crippen MR) is 78.2 cm³/mol. The van der Waals surface area contributed by atoms with Crippen LogP contribution in [-0.2, 0) is 6.54 Å². The molecular formula is C16H18N2O. The van der Waals surface area contributed by atoms with Crippen molar-refractivity contribution in [2.45, 2.75) is 13.5 Å². The fraction of sp³-hybridized carbons (Fsp3) is 0.188. The topological polar surface area (TPSA) is 34.1 Å². The molecule has 0 saturated carbocycles. The van der Waals surface area contributed by atoms with Crippen LogP contribution in [-0.4, -0.2) is 12.0 Å². The number of para-hydroxylation sites is 1. The van der Waals surface area contributed by atoms with Gasteiger partial charge in [-0.1, -0.05) is 30.4 Å². The minimum absolute atomic E-state index is 0.754. The molecule has 0 aliphatic heterocycles. The van der Waals surface area contributed by atoms with E-state index < -0.39 is 0 Å². The number of benzene rings is 1. The van der Waals surface area contributed by atoms with Gasteiger partial charge in [-0.15, -0.1) is 0 Å². The molecule has 3 heteroatoms. The predicted octanol–water partition coefficient (Wildman–Crippen LogP) is 3.63. The molecule has 0 atom stereocenters. The maximum absolute atomic E-state index is 5.99. The molecule has 1 heterocycles. The summed E-state index contributed by atoms with van der Waals surface area (Å²) in [5.41, 5.74) is 2.15. The van der Waals surface area contributed by atoms with Gasteiger partial charge in [0.1, 0.15) is 11.5 Å². The second kappa shape index (κ2) is 6.71. The highest BCUT2D eigenvalue weighted by atomic mass is 16.5. The minimum Gasteiger partial charge on any atom is -0.455 e. The first kappa shape index (κ1) is 13.3. The van der Waals surface area contributed by atoms with Crippen LogP contribution in [0.3, 0.4) is 0 Å². The summed E-state index contributed by atoms with van der Waals surface area (Å²) in [6.07, 6.45) is 7.56. The Hall–Kier alpha value is -2.13. The lowest BCUT2D eigenvalue weighted by Gasteiger charge is -2.12. The molecule has 0 bridgehead atoms. The van der Waals surface area contributed by atoms with Gasteiger partial charge in [0, 0.05) is 23.9 Å². The zero-order chi connectivity index (χ0) is 13.5. The van der Waals surface area contributed by atoms with Gasteiger partial charge in [-0.05, 0) is 26.1 Å². The van der Waals surface area contributed by atoms with E-state index >= 15 is 0 Å². The maximum atomic E-state index is 5.99. The molecule has 0 spiro atoms. The number of hydrogen-bond donors (Lipinski definition) is 1. The summed E-state index contributed by atoms with van der Waals surface area (Å²) in [7, 11) is 1.91. The number of aromatic nitrogens is 1. The largest absolute Gasteiger partial charge is 0.455 e. The van der Waals surface area contributed by atoms with Crippen molar-refractivity contribution in [1.82, 2.24) is 10.3 Å². The van der Waals surface area contributed by atoms with Crippen molar-refractivity contribution in [1.29, 1.82) is 0 Å². The van der Waals surface area contributed by atoms with Crippen LogP contribution in [0.1, 0.15) is 18.1 Å². The molecule has 1 aromatic carbocycles. The number of rotatable bonds is 5. The third-order valence-corrected chi connectivity index (χ3v) is 2.72. The summed E-state index contributed by atoms with van der Waals surface area (Å²) in [5, 5.41) is 3.13. The van der Waals surface area contributed by atoms with E-state index in [1.807, 2.05) is 56.5 Å². The molecule has 0 aliphatic carbocycles. The van der Waals surface area contributed by atoms with Crippen LogP contribution < -0.4 is 10.1 Å². The van der Waals surface area contributed by atoms with Crippen molar-refractivity contribution >= 4 is 6.08 Å². The van der Waals surface area contributed by atoms with E-state index in [2.05, 4.69) is 10.3 Å². The molecule has 3 nitrogen and oxygen atoms in total. The molecule has 0 amide bonds. The number of nitrogens with zero attached hydrogens (tertiary/aromatic N) is 1. The normalized spacial score (nSPS) is 10.8. The van der Waals surface area contributed by atoms with Crippen molar-refractivity contribution in [3.05, 3.63) is 59.9 Å². The van der Waals surface area contributed by atoms with Gasteiger partial charge in [-0.3, -0.25) is 4.98 Å². The summed E-state index contributed by atoms with van der Waals surface area (Å²) in [6.45, 7) is 2.75.